The van der Waals surface area contributed by atoms with Gasteiger partial charge in [0.2, 0.25) is 0 Å². The van der Waals surface area contributed by atoms with Crippen molar-refractivity contribution in [1.29, 1.82) is 0 Å². The SMILES string of the molecule is COC(=O)c1ccc2c(c1)C(CN)c1cc(C)ccc1-2. The van der Waals surface area contributed by atoms with Crippen LogP contribution >= 0.6 is 0 Å². The van der Waals surface area contributed by atoms with Crippen molar-refractivity contribution in [3.05, 3.63) is 58.7 Å². The summed E-state index contributed by atoms with van der Waals surface area (Å²) in [6.45, 7) is 2.62. The third kappa shape index (κ3) is 1.82. The molecule has 3 heteroatoms. The van der Waals surface area contributed by atoms with E-state index in [1.165, 1.54) is 29.4 Å². The number of methoxy groups -OCH3 is 1. The fraction of sp³-hybridized carbons (Fsp3) is 0.235. The van der Waals surface area contributed by atoms with Gasteiger partial charge >= 0.3 is 5.97 Å². The molecular formula is C17H17NO2. The van der Waals surface area contributed by atoms with Gasteiger partial charge in [-0.2, -0.15) is 0 Å². The first-order valence-corrected chi connectivity index (χ1v) is 6.69. The summed E-state index contributed by atoms with van der Waals surface area (Å²) in [6, 6.07) is 12.1. The zero-order valence-electron chi connectivity index (χ0n) is 11.6. The molecule has 0 spiro atoms. The lowest BCUT2D eigenvalue weighted by atomic mass is 9.95. The van der Waals surface area contributed by atoms with Crippen LogP contribution in [0, 0.1) is 6.92 Å². The van der Waals surface area contributed by atoms with Crippen molar-refractivity contribution in [3.63, 3.8) is 0 Å². The van der Waals surface area contributed by atoms with Gasteiger partial charge in [-0.3, -0.25) is 0 Å². The van der Waals surface area contributed by atoms with Crippen LogP contribution in [0.4, 0.5) is 0 Å². The van der Waals surface area contributed by atoms with E-state index in [0.717, 1.165) is 5.56 Å². The normalized spacial score (nSPS) is 15.7. The summed E-state index contributed by atoms with van der Waals surface area (Å²) in [4.78, 5) is 11.7. The summed E-state index contributed by atoms with van der Waals surface area (Å²) >= 11 is 0. The molecular weight excluding hydrogens is 250 g/mol. The van der Waals surface area contributed by atoms with E-state index in [-0.39, 0.29) is 11.9 Å². The predicted octanol–water partition coefficient (Wildman–Crippen LogP) is 2.85. The summed E-state index contributed by atoms with van der Waals surface area (Å²) in [5.74, 6) is -0.153. The summed E-state index contributed by atoms with van der Waals surface area (Å²) in [6.07, 6.45) is 0. The van der Waals surface area contributed by atoms with Gasteiger partial charge in [0.1, 0.15) is 0 Å². The Hall–Kier alpha value is -2.13. The Morgan fingerprint density at radius 1 is 1.15 bits per heavy atom. The van der Waals surface area contributed by atoms with Crippen LogP contribution in [-0.4, -0.2) is 19.6 Å². The van der Waals surface area contributed by atoms with E-state index in [2.05, 4.69) is 25.1 Å². The fourth-order valence-corrected chi connectivity index (χ4v) is 2.98. The molecule has 1 aliphatic carbocycles. The average Bonchev–Trinajstić information content (AvgIpc) is 2.78. The van der Waals surface area contributed by atoms with E-state index in [0.29, 0.717) is 12.1 Å². The Kier molecular flexibility index (Phi) is 3.07. The van der Waals surface area contributed by atoms with Gasteiger partial charge in [0.05, 0.1) is 12.7 Å². The second-order valence-corrected chi connectivity index (χ2v) is 5.17. The molecule has 2 aromatic carbocycles. The molecule has 2 N–H and O–H groups in total. The molecule has 3 rings (SSSR count). The van der Waals surface area contributed by atoms with E-state index in [4.69, 9.17) is 10.5 Å². The minimum Gasteiger partial charge on any atom is -0.465 e. The quantitative estimate of drug-likeness (QED) is 0.851. The first-order chi connectivity index (χ1) is 9.65. The number of nitrogens with two attached hydrogens (primary N) is 1. The number of hydrogen-bond donors (Lipinski definition) is 1. The number of aryl methyl sites for hydroxylation is 1. The van der Waals surface area contributed by atoms with E-state index in [1.54, 1.807) is 0 Å². The number of benzene rings is 2. The molecule has 0 aliphatic heterocycles. The maximum absolute atomic E-state index is 11.7. The molecule has 0 saturated carbocycles. The zero-order valence-corrected chi connectivity index (χ0v) is 11.6. The fourth-order valence-electron chi connectivity index (χ4n) is 2.98. The highest BCUT2D eigenvalue weighted by Crippen LogP contribution is 2.44. The molecule has 0 saturated heterocycles. The van der Waals surface area contributed by atoms with Crippen molar-refractivity contribution >= 4 is 5.97 Å². The van der Waals surface area contributed by atoms with Crippen LogP contribution in [0.25, 0.3) is 11.1 Å². The third-order valence-electron chi connectivity index (χ3n) is 3.96. The Morgan fingerprint density at radius 3 is 2.45 bits per heavy atom. The van der Waals surface area contributed by atoms with E-state index in [1.807, 2.05) is 18.2 Å². The Morgan fingerprint density at radius 2 is 1.80 bits per heavy atom. The highest BCUT2D eigenvalue weighted by atomic mass is 16.5. The van der Waals surface area contributed by atoms with Gasteiger partial charge < -0.3 is 10.5 Å². The summed E-state index contributed by atoms with van der Waals surface area (Å²) in [5, 5.41) is 0. The summed E-state index contributed by atoms with van der Waals surface area (Å²) in [7, 11) is 1.40. The average molecular weight is 267 g/mol. The van der Waals surface area contributed by atoms with Crippen LogP contribution in [0.2, 0.25) is 0 Å². The highest BCUT2D eigenvalue weighted by molar-refractivity contribution is 5.92. The highest BCUT2D eigenvalue weighted by Gasteiger charge is 2.28. The van der Waals surface area contributed by atoms with Crippen LogP contribution in [-0.2, 0) is 4.74 Å². The maximum Gasteiger partial charge on any atom is 0.337 e. The molecule has 1 atom stereocenters. The molecule has 2 aromatic rings. The van der Waals surface area contributed by atoms with Gasteiger partial charge in [-0.05, 0) is 41.3 Å². The molecule has 102 valence electrons. The van der Waals surface area contributed by atoms with Crippen molar-refractivity contribution in [2.24, 2.45) is 5.73 Å². The number of carbonyl (C=O) groups excluding carboxylic acids is 1. The number of rotatable bonds is 2. The van der Waals surface area contributed by atoms with Crippen LogP contribution in [0.15, 0.2) is 36.4 Å². The molecule has 0 radical (unpaired) electrons. The molecule has 20 heavy (non-hydrogen) atoms. The third-order valence-corrected chi connectivity index (χ3v) is 3.96. The topological polar surface area (TPSA) is 52.3 Å². The molecule has 1 aliphatic rings. The molecule has 0 heterocycles. The summed E-state index contributed by atoms with van der Waals surface area (Å²) < 4.78 is 4.79. The van der Waals surface area contributed by atoms with Crippen molar-refractivity contribution in [3.8, 4) is 11.1 Å². The number of esters is 1. The number of fused-ring (bicyclic) bond motifs is 3. The lowest BCUT2D eigenvalue weighted by Gasteiger charge is -2.11. The Balaban J connectivity index is 2.18. The van der Waals surface area contributed by atoms with Gasteiger partial charge in [-0.15, -0.1) is 0 Å². The number of carbonyl (C=O) groups is 1. The molecule has 0 amide bonds. The molecule has 0 fully saturated rings. The van der Waals surface area contributed by atoms with E-state index in [9.17, 15) is 4.79 Å². The second-order valence-electron chi connectivity index (χ2n) is 5.17. The van der Waals surface area contributed by atoms with Crippen molar-refractivity contribution in [2.75, 3.05) is 13.7 Å². The predicted molar refractivity (Wildman–Crippen MR) is 78.9 cm³/mol. The van der Waals surface area contributed by atoms with Gasteiger partial charge in [0.15, 0.2) is 0 Å². The molecule has 0 aromatic heterocycles. The van der Waals surface area contributed by atoms with Crippen molar-refractivity contribution in [1.82, 2.24) is 0 Å². The van der Waals surface area contributed by atoms with Crippen LogP contribution in [0.5, 0.6) is 0 Å². The number of hydrogen-bond acceptors (Lipinski definition) is 3. The zero-order chi connectivity index (χ0) is 14.3. The summed E-state index contributed by atoms with van der Waals surface area (Å²) in [5.41, 5.74) is 12.5. The van der Waals surface area contributed by atoms with Crippen molar-refractivity contribution in [2.45, 2.75) is 12.8 Å². The Bertz CT molecular complexity index is 691. The van der Waals surface area contributed by atoms with Gasteiger partial charge in [0.25, 0.3) is 0 Å². The minimum absolute atomic E-state index is 0.157. The first-order valence-electron chi connectivity index (χ1n) is 6.69. The van der Waals surface area contributed by atoms with E-state index >= 15 is 0 Å². The standard InChI is InChI=1S/C17H17NO2/c1-10-3-5-12-13-6-4-11(17(19)20-2)8-15(13)16(9-18)14(12)7-10/h3-8,16H,9,18H2,1-2H3. The maximum atomic E-state index is 11.7. The minimum atomic E-state index is -0.310. The van der Waals surface area contributed by atoms with Crippen LogP contribution < -0.4 is 5.73 Å². The molecule has 1 unspecified atom stereocenters. The first kappa shape index (κ1) is 12.9. The van der Waals surface area contributed by atoms with Gasteiger partial charge in [0, 0.05) is 12.5 Å². The molecule has 3 nitrogen and oxygen atoms in total. The van der Waals surface area contributed by atoms with Crippen LogP contribution in [0.1, 0.15) is 33.0 Å². The van der Waals surface area contributed by atoms with Gasteiger partial charge in [-0.25, -0.2) is 4.79 Å². The smallest absolute Gasteiger partial charge is 0.337 e. The number of ether oxygens (including phenoxy) is 1. The lowest BCUT2D eigenvalue weighted by Crippen LogP contribution is -2.12. The van der Waals surface area contributed by atoms with Crippen LogP contribution in [0.3, 0.4) is 0 Å². The van der Waals surface area contributed by atoms with Crippen molar-refractivity contribution < 1.29 is 9.53 Å². The Labute approximate surface area is 118 Å². The van der Waals surface area contributed by atoms with Gasteiger partial charge in [-0.1, -0.05) is 29.8 Å². The second kappa shape index (κ2) is 4.76. The lowest BCUT2D eigenvalue weighted by molar-refractivity contribution is 0.0600. The molecule has 0 bridgehead atoms. The monoisotopic (exact) mass is 267 g/mol. The van der Waals surface area contributed by atoms with E-state index < -0.39 is 0 Å². The largest absolute Gasteiger partial charge is 0.465 e.